The number of ether oxygens (including phenoxy) is 2. The maximum Gasteiger partial charge on any atom is 0.433 e. The van der Waals surface area contributed by atoms with Crippen LogP contribution >= 0.6 is 24.0 Å². The molecule has 0 aliphatic carbocycles. The van der Waals surface area contributed by atoms with E-state index in [4.69, 9.17) is 9.47 Å². The van der Waals surface area contributed by atoms with Crippen molar-refractivity contribution in [3.63, 3.8) is 0 Å². The fraction of sp³-hybridized carbons (Fsp3) is 0.389. The van der Waals surface area contributed by atoms with Crippen molar-refractivity contribution >= 4 is 41.6 Å². The van der Waals surface area contributed by atoms with E-state index in [-0.39, 0.29) is 43.0 Å². The van der Waals surface area contributed by atoms with Crippen LogP contribution in [0.5, 0.6) is 11.5 Å². The number of anilines is 2. The highest BCUT2D eigenvalue weighted by molar-refractivity contribution is 14.0. The van der Waals surface area contributed by atoms with Crippen molar-refractivity contribution in [3.05, 3.63) is 36.2 Å². The Bertz CT molecular complexity index is 836. The standard InChI is InChI=1S/C18H23F3N6O2.HI/c1-4-22-16(26-12-5-6-13(28-2)14(11-12)29-3)24-9-10-25-17-23-8-7-15(27-17)18(19,20)21;/h5-8,11H,4,9-10H2,1-3H3,(H2,22,24,26)(H,23,25,27);1H. The Kier molecular flexibility index (Phi) is 10.4. The molecule has 30 heavy (non-hydrogen) atoms. The first-order chi connectivity index (χ1) is 13.9. The minimum atomic E-state index is -4.51. The summed E-state index contributed by atoms with van der Waals surface area (Å²) in [5, 5.41) is 8.94. The summed E-state index contributed by atoms with van der Waals surface area (Å²) >= 11 is 0. The van der Waals surface area contributed by atoms with Crippen LogP contribution in [0.25, 0.3) is 0 Å². The van der Waals surface area contributed by atoms with E-state index in [1.165, 1.54) is 0 Å². The second-order valence-corrected chi connectivity index (χ2v) is 5.65. The molecular weight excluding hydrogens is 516 g/mol. The molecule has 0 saturated carbocycles. The monoisotopic (exact) mass is 540 g/mol. The molecule has 0 spiro atoms. The van der Waals surface area contributed by atoms with Crippen molar-refractivity contribution in [2.75, 3.05) is 44.5 Å². The minimum Gasteiger partial charge on any atom is -0.493 e. The summed E-state index contributed by atoms with van der Waals surface area (Å²) in [5.41, 5.74) is -0.265. The number of hydrogen-bond donors (Lipinski definition) is 3. The fourth-order valence-electron chi connectivity index (χ4n) is 2.29. The molecule has 0 bridgehead atoms. The van der Waals surface area contributed by atoms with Gasteiger partial charge in [0.05, 0.1) is 20.8 Å². The van der Waals surface area contributed by atoms with Gasteiger partial charge in [0.15, 0.2) is 17.5 Å². The molecule has 0 radical (unpaired) electrons. The molecule has 3 N–H and O–H groups in total. The summed E-state index contributed by atoms with van der Waals surface area (Å²) in [6, 6.07) is 6.15. The van der Waals surface area contributed by atoms with Crippen LogP contribution in [0, 0.1) is 0 Å². The van der Waals surface area contributed by atoms with Gasteiger partial charge >= 0.3 is 6.18 Å². The van der Waals surface area contributed by atoms with Gasteiger partial charge in [0, 0.05) is 31.0 Å². The van der Waals surface area contributed by atoms with Crippen molar-refractivity contribution in [1.82, 2.24) is 15.3 Å². The zero-order valence-electron chi connectivity index (χ0n) is 16.7. The first-order valence-corrected chi connectivity index (χ1v) is 8.78. The van der Waals surface area contributed by atoms with Gasteiger partial charge in [-0.25, -0.2) is 9.97 Å². The number of rotatable bonds is 8. The minimum absolute atomic E-state index is 0. The van der Waals surface area contributed by atoms with Crippen LogP contribution in [0.15, 0.2) is 35.5 Å². The highest BCUT2D eigenvalue weighted by atomic mass is 127. The van der Waals surface area contributed by atoms with Crippen LogP contribution in [0.1, 0.15) is 12.6 Å². The van der Waals surface area contributed by atoms with E-state index < -0.39 is 11.9 Å². The summed E-state index contributed by atoms with van der Waals surface area (Å²) in [7, 11) is 3.10. The Hall–Kier alpha value is -2.51. The summed E-state index contributed by atoms with van der Waals surface area (Å²) in [4.78, 5) is 11.6. The van der Waals surface area contributed by atoms with Crippen LogP contribution in [0.4, 0.5) is 24.8 Å². The number of aliphatic imine (C=N–C) groups is 1. The molecular formula is C18H24F3IN6O2. The highest BCUT2D eigenvalue weighted by Gasteiger charge is 2.32. The van der Waals surface area contributed by atoms with E-state index in [0.717, 1.165) is 18.0 Å². The van der Waals surface area contributed by atoms with Crippen molar-refractivity contribution in [1.29, 1.82) is 0 Å². The Morgan fingerprint density at radius 3 is 2.50 bits per heavy atom. The van der Waals surface area contributed by atoms with E-state index in [1.54, 1.807) is 26.4 Å². The fourth-order valence-corrected chi connectivity index (χ4v) is 2.29. The third-order valence-electron chi connectivity index (χ3n) is 3.60. The third kappa shape index (κ3) is 7.72. The Balaban J connectivity index is 0.00000450. The second kappa shape index (κ2) is 12.2. The van der Waals surface area contributed by atoms with E-state index in [0.29, 0.717) is 24.0 Å². The molecule has 1 aromatic heterocycles. The lowest BCUT2D eigenvalue weighted by Crippen LogP contribution is -2.31. The van der Waals surface area contributed by atoms with Gasteiger partial charge in [-0.15, -0.1) is 24.0 Å². The maximum absolute atomic E-state index is 12.7. The van der Waals surface area contributed by atoms with Crippen LogP contribution < -0.4 is 25.4 Å². The van der Waals surface area contributed by atoms with Gasteiger partial charge in [0.25, 0.3) is 0 Å². The zero-order valence-corrected chi connectivity index (χ0v) is 19.0. The molecule has 0 fully saturated rings. The molecule has 8 nitrogen and oxygen atoms in total. The van der Waals surface area contributed by atoms with Crippen molar-refractivity contribution in [3.8, 4) is 11.5 Å². The second-order valence-electron chi connectivity index (χ2n) is 5.65. The number of nitrogens with zero attached hydrogens (tertiary/aromatic N) is 3. The topological polar surface area (TPSA) is 92.7 Å². The number of benzene rings is 1. The number of guanidine groups is 1. The average Bonchev–Trinajstić information content (AvgIpc) is 2.70. The Morgan fingerprint density at radius 1 is 1.13 bits per heavy atom. The summed E-state index contributed by atoms with van der Waals surface area (Å²) in [6.45, 7) is 3.08. The molecule has 0 saturated heterocycles. The number of methoxy groups -OCH3 is 2. The Morgan fingerprint density at radius 2 is 1.87 bits per heavy atom. The largest absolute Gasteiger partial charge is 0.493 e. The third-order valence-corrected chi connectivity index (χ3v) is 3.60. The van der Waals surface area contributed by atoms with E-state index in [2.05, 4.69) is 30.9 Å². The maximum atomic E-state index is 12.7. The van der Waals surface area contributed by atoms with Gasteiger partial charge in [-0.3, -0.25) is 4.99 Å². The summed E-state index contributed by atoms with van der Waals surface area (Å²) in [6.07, 6.45) is -3.46. The molecule has 12 heteroatoms. The van der Waals surface area contributed by atoms with Gasteiger partial charge in [-0.1, -0.05) is 0 Å². The molecule has 0 unspecified atom stereocenters. The normalized spacial score (nSPS) is 11.3. The van der Waals surface area contributed by atoms with Gasteiger partial charge in [-0.2, -0.15) is 13.2 Å². The zero-order chi connectivity index (χ0) is 21.3. The van der Waals surface area contributed by atoms with Crippen molar-refractivity contribution in [2.24, 2.45) is 4.99 Å². The predicted molar refractivity (Wildman–Crippen MR) is 120 cm³/mol. The first-order valence-electron chi connectivity index (χ1n) is 8.78. The molecule has 0 aliphatic heterocycles. The summed E-state index contributed by atoms with van der Waals surface area (Å²) < 4.78 is 48.5. The molecule has 166 valence electrons. The lowest BCUT2D eigenvalue weighted by atomic mass is 10.3. The molecule has 0 aliphatic rings. The number of nitrogens with one attached hydrogen (secondary N) is 3. The van der Waals surface area contributed by atoms with E-state index in [1.807, 2.05) is 13.0 Å². The SMILES string of the molecule is CCNC(=NCCNc1nccc(C(F)(F)F)n1)Nc1ccc(OC)c(OC)c1.I. The molecule has 2 rings (SSSR count). The molecule has 1 aromatic carbocycles. The number of halogens is 4. The van der Waals surface area contributed by atoms with E-state index in [9.17, 15) is 13.2 Å². The van der Waals surface area contributed by atoms with Crippen LogP contribution in [0.3, 0.4) is 0 Å². The predicted octanol–water partition coefficient (Wildman–Crippen LogP) is 3.62. The molecule has 0 atom stereocenters. The van der Waals surface area contributed by atoms with Crippen molar-refractivity contribution in [2.45, 2.75) is 13.1 Å². The summed E-state index contributed by atoms with van der Waals surface area (Å²) in [5.74, 6) is 1.57. The molecule has 0 amide bonds. The van der Waals surface area contributed by atoms with Gasteiger partial charge < -0.3 is 25.4 Å². The van der Waals surface area contributed by atoms with Gasteiger partial charge in [0.1, 0.15) is 5.69 Å². The molecule has 1 heterocycles. The van der Waals surface area contributed by atoms with Crippen molar-refractivity contribution < 1.29 is 22.6 Å². The Labute approximate surface area is 189 Å². The first kappa shape index (κ1) is 25.5. The quantitative estimate of drug-likeness (QED) is 0.204. The number of aromatic nitrogens is 2. The van der Waals surface area contributed by atoms with E-state index >= 15 is 0 Å². The number of alkyl halides is 3. The van der Waals surface area contributed by atoms with Crippen LogP contribution in [-0.2, 0) is 6.18 Å². The van der Waals surface area contributed by atoms with Crippen LogP contribution in [-0.4, -0.2) is 49.8 Å². The smallest absolute Gasteiger partial charge is 0.433 e. The molecule has 2 aromatic rings. The van der Waals surface area contributed by atoms with Gasteiger partial charge in [-0.05, 0) is 25.1 Å². The highest BCUT2D eigenvalue weighted by Crippen LogP contribution is 2.29. The van der Waals surface area contributed by atoms with Gasteiger partial charge in [0.2, 0.25) is 5.95 Å². The van der Waals surface area contributed by atoms with Crippen LogP contribution in [0.2, 0.25) is 0 Å². The average molecular weight is 540 g/mol. The lowest BCUT2D eigenvalue weighted by Gasteiger charge is -2.14. The number of hydrogen-bond acceptors (Lipinski definition) is 6. The lowest BCUT2D eigenvalue weighted by molar-refractivity contribution is -0.141.